The summed E-state index contributed by atoms with van der Waals surface area (Å²) in [4.78, 5) is 12.1. The van der Waals surface area contributed by atoms with E-state index < -0.39 is 10.0 Å². The SMILES string of the molecule is CS(=O)(=O)N(CC(=O)NCCSCc1ccccc1F)Cc1ccccc1. The number of hydrogen-bond acceptors (Lipinski definition) is 4. The number of halogens is 1. The maximum Gasteiger partial charge on any atom is 0.235 e. The van der Waals surface area contributed by atoms with E-state index in [9.17, 15) is 17.6 Å². The van der Waals surface area contributed by atoms with E-state index in [0.29, 0.717) is 23.6 Å². The van der Waals surface area contributed by atoms with Gasteiger partial charge in [0.1, 0.15) is 5.82 Å². The third-order valence-corrected chi connectivity index (χ3v) is 5.98. The molecule has 1 amide bonds. The minimum absolute atomic E-state index is 0.148. The van der Waals surface area contributed by atoms with E-state index in [-0.39, 0.29) is 24.8 Å². The number of carbonyl (C=O) groups excluding carboxylic acids is 1. The first-order valence-electron chi connectivity index (χ1n) is 8.43. The molecule has 2 rings (SSSR count). The lowest BCUT2D eigenvalue weighted by atomic mass is 10.2. The van der Waals surface area contributed by atoms with Crippen molar-refractivity contribution in [2.24, 2.45) is 0 Å². The fraction of sp³-hybridized carbons (Fsp3) is 0.316. The minimum atomic E-state index is -3.51. The zero-order valence-electron chi connectivity index (χ0n) is 15.1. The van der Waals surface area contributed by atoms with Gasteiger partial charge in [0, 0.05) is 24.6 Å². The van der Waals surface area contributed by atoms with Crippen LogP contribution in [-0.2, 0) is 27.1 Å². The van der Waals surface area contributed by atoms with E-state index in [1.54, 1.807) is 18.2 Å². The average molecular weight is 411 g/mol. The molecule has 0 radical (unpaired) electrons. The number of amides is 1. The number of nitrogens with one attached hydrogen (secondary N) is 1. The highest BCUT2D eigenvalue weighted by Crippen LogP contribution is 2.14. The zero-order chi connectivity index (χ0) is 19.7. The molecule has 0 heterocycles. The number of rotatable bonds is 10. The number of benzene rings is 2. The molecule has 8 heteroatoms. The van der Waals surface area contributed by atoms with E-state index >= 15 is 0 Å². The van der Waals surface area contributed by atoms with Gasteiger partial charge in [-0.2, -0.15) is 16.1 Å². The van der Waals surface area contributed by atoms with Crippen molar-refractivity contribution < 1.29 is 17.6 Å². The molecule has 0 aromatic heterocycles. The van der Waals surface area contributed by atoms with Gasteiger partial charge in [-0.25, -0.2) is 12.8 Å². The van der Waals surface area contributed by atoms with Crippen molar-refractivity contribution in [2.45, 2.75) is 12.3 Å². The standard InChI is InChI=1S/C19H23FN2O3S2/c1-27(24,25)22(13-16-7-3-2-4-8-16)14-19(23)21-11-12-26-15-17-9-5-6-10-18(17)20/h2-10H,11-15H2,1H3,(H,21,23). The Balaban J connectivity index is 1.76. The maximum atomic E-state index is 13.5. The van der Waals surface area contributed by atoms with Gasteiger partial charge in [-0.1, -0.05) is 48.5 Å². The zero-order valence-corrected chi connectivity index (χ0v) is 16.7. The van der Waals surface area contributed by atoms with Crippen LogP contribution in [-0.4, -0.2) is 43.7 Å². The minimum Gasteiger partial charge on any atom is -0.354 e. The van der Waals surface area contributed by atoms with Gasteiger partial charge in [0.2, 0.25) is 15.9 Å². The van der Waals surface area contributed by atoms with Crippen LogP contribution in [0.5, 0.6) is 0 Å². The van der Waals surface area contributed by atoms with Gasteiger partial charge in [0.05, 0.1) is 12.8 Å². The molecule has 2 aromatic rings. The molecule has 0 bridgehead atoms. The van der Waals surface area contributed by atoms with Crippen LogP contribution in [0.2, 0.25) is 0 Å². The third kappa shape index (κ3) is 7.70. The van der Waals surface area contributed by atoms with Gasteiger partial charge in [0.15, 0.2) is 0 Å². The van der Waals surface area contributed by atoms with Crippen molar-refractivity contribution in [3.05, 3.63) is 71.5 Å². The molecule has 0 saturated carbocycles. The van der Waals surface area contributed by atoms with Crippen LogP contribution in [0.25, 0.3) is 0 Å². The fourth-order valence-electron chi connectivity index (χ4n) is 2.35. The summed E-state index contributed by atoms with van der Waals surface area (Å²) in [6, 6.07) is 15.7. The third-order valence-electron chi connectivity index (χ3n) is 3.77. The summed E-state index contributed by atoms with van der Waals surface area (Å²) in [7, 11) is -3.51. The lowest BCUT2D eigenvalue weighted by molar-refractivity contribution is -0.121. The molecule has 2 aromatic carbocycles. The number of carbonyl (C=O) groups is 1. The summed E-state index contributed by atoms with van der Waals surface area (Å²) in [5, 5.41) is 2.71. The molecule has 5 nitrogen and oxygen atoms in total. The van der Waals surface area contributed by atoms with Crippen LogP contribution in [0.1, 0.15) is 11.1 Å². The molecule has 1 N–H and O–H groups in total. The summed E-state index contributed by atoms with van der Waals surface area (Å²) in [6.45, 7) is 0.307. The lowest BCUT2D eigenvalue weighted by Gasteiger charge is -2.19. The molecule has 0 aliphatic carbocycles. The number of hydrogen-bond donors (Lipinski definition) is 1. The summed E-state index contributed by atoms with van der Waals surface area (Å²) in [6.07, 6.45) is 1.09. The van der Waals surface area contributed by atoms with Gasteiger partial charge in [-0.3, -0.25) is 4.79 Å². The molecular weight excluding hydrogens is 387 g/mol. The van der Waals surface area contributed by atoms with Gasteiger partial charge in [-0.05, 0) is 17.2 Å². The second-order valence-corrected chi connectivity index (χ2v) is 9.10. The van der Waals surface area contributed by atoms with Crippen molar-refractivity contribution in [1.82, 2.24) is 9.62 Å². The summed E-state index contributed by atoms with van der Waals surface area (Å²) < 4.78 is 38.5. The first-order chi connectivity index (χ1) is 12.9. The Morgan fingerprint density at radius 2 is 1.78 bits per heavy atom. The number of nitrogens with zero attached hydrogens (tertiary/aromatic N) is 1. The molecule has 0 unspecified atom stereocenters. The Hall–Kier alpha value is -1.90. The summed E-state index contributed by atoms with van der Waals surface area (Å²) in [5.41, 5.74) is 1.44. The Morgan fingerprint density at radius 1 is 1.11 bits per heavy atom. The Morgan fingerprint density at radius 3 is 2.44 bits per heavy atom. The predicted molar refractivity (Wildman–Crippen MR) is 107 cm³/mol. The van der Waals surface area contributed by atoms with E-state index in [0.717, 1.165) is 16.1 Å². The Kier molecular flexibility index (Phi) is 8.27. The normalized spacial score (nSPS) is 11.5. The second-order valence-electron chi connectivity index (χ2n) is 6.01. The van der Waals surface area contributed by atoms with Crippen LogP contribution in [0.15, 0.2) is 54.6 Å². The average Bonchev–Trinajstić information content (AvgIpc) is 2.62. The van der Waals surface area contributed by atoms with E-state index in [1.807, 2.05) is 30.3 Å². The van der Waals surface area contributed by atoms with E-state index in [1.165, 1.54) is 17.8 Å². The topological polar surface area (TPSA) is 66.5 Å². The first kappa shape index (κ1) is 21.4. The molecule has 0 spiro atoms. The van der Waals surface area contributed by atoms with Crippen molar-refractivity contribution >= 4 is 27.7 Å². The van der Waals surface area contributed by atoms with Crippen molar-refractivity contribution in [1.29, 1.82) is 0 Å². The summed E-state index contributed by atoms with van der Waals surface area (Å²) in [5.74, 6) is 0.533. The lowest BCUT2D eigenvalue weighted by Crippen LogP contribution is -2.40. The highest BCUT2D eigenvalue weighted by Gasteiger charge is 2.20. The van der Waals surface area contributed by atoms with Crippen molar-refractivity contribution in [3.63, 3.8) is 0 Å². The van der Waals surface area contributed by atoms with Crippen molar-refractivity contribution in [3.8, 4) is 0 Å². The van der Waals surface area contributed by atoms with Crippen LogP contribution in [0.4, 0.5) is 4.39 Å². The van der Waals surface area contributed by atoms with Crippen LogP contribution >= 0.6 is 11.8 Å². The molecule has 27 heavy (non-hydrogen) atoms. The number of thioether (sulfide) groups is 1. The Labute approximate surface area is 164 Å². The van der Waals surface area contributed by atoms with Crippen LogP contribution in [0.3, 0.4) is 0 Å². The molecular formula is C19H23FN2O3S2. The second kappa shape index (κ2) is 10.4. The highest BCUT2D eigenvalue weighted by atomic mass is 32.2. The van der Waals surface area contributed by atoms with Crippen LogP contribution < -0.4 is 5.32 Å². The predicted octanol–water partition coefficient (Wildman–Crippen LogP) is 2.64. The molecule has 0 aliphatic rings. The smallest absolute Gasteiger partial charge is 0.235 e. The quantitative estimate of drug-likeness (QED) is 0.612. The molecule has 0 atom stereocenters. The molecule has 0 saturated heterocycles. The Bertz CT molecular complexity index is 845. The summed E-state index contributed by atoms with van der Waals surface area (Å²) >= 11 is 1.50. The number of sulfonamides is 1. The van der Waals surface area contributed by atoms with E-state index in [2.05, 4.69) is 5.32 Å². The van der Waals surface area contributed by atoms with Gasteiger partial charge < -0.3 is 5.32 Å². The van der Waals surface area contributed by atoms with Gasteiger partial charge >= 0.3 is 0 Å². The molecule has 146 valence electrons. The van der Waals surface area contributed by atoms with Gasteiger partial charge in [0.25, 0.3) is 0 Å². The monoisotopic (exact) mass is 410 g/mol. The highest BCUT2D eigenvalue weighted by molar-refractivity contribution is 7.98. The van der Waals surface area contributed by atoms with Crippen molar-refractivity contribution in [2.75, 3.05) is 25.1 Å². The molecule has 0 fully saturated rings. The first-order valence-corrected chi connectivity index (χ1v) is 11.4. The van der Waals surface area contributed by atoms with E-state index in [4.69, 9.17) is 0 Å². The maximum absolute atomic E-state index is 13.5. The van der Waals surface area contributed by atoms with Gasteiger partial charge in [-0.15, -0.1) is 0 Å². The fourth-order valence-corrected chi connectivity index (χ4v) is 3.93. The van der Waals surface area contributed by atoms with Crippen LogP contribution in [0, 0.1) is 5.82 Å². The molecule has 0 aliphatic heterocycles. The largest absolute Gasteiger partial charge is 0.354 e.